The predicted molar refractivity (Wildman–Crippen MR) is 164 cm³/mol. The van der Waals surface area contributed by atoms with Crippen molar-refractivity contribution in [1.82, 2.24) is 9.55 Å². The lowest BCUT2D eigenvalue weighted by molar-refractivity contribution is -0.0784. The van der Waals surface area contributed by atoms with Crippen molar-refractivity contribution in [3.63, 3.8) is 0 Å². The second-order valence-electron chi connectivity index (χ2n) is 10.1. The number of nitrogens with one attached hydrogen (secondary N) is 1. The second-order valence-corrected chi connectivity index (χ2v) is 13.4. The summed E-state index contributed by atoms with van der Waals surface area (Å²) in [7, 11) is 3.16. The third kappa shape index (κ3) is 6.09. The first kappa shape index (κ1) is 30.8. The van der Waals surface area contributed by atoms with Gasteiger partial charge in [-0.05, 0) is 52.8 Å². The molecule has 0 amide bonds. The van der Waals surface area contributed by atoms with E-state index in [-0.39, 0.29) is 6.61 Å². The Kier molecular flexibility index (Phi) is 9.00. The van der Waals surface area contributed by atoms with Gasteiger partial charge in [-0.2, -0.15) is 0 Å². The van der Waals surface area contributed by atoms with E-state index in [1.54, 1.807) is 14.2 Å². The highest BCUT2D eigenvalue weighted by molar-refractivity contribution is 8.09. The van der Waals surface area contributed by atoms with Crippen molar-refractivity contribution >= 4 is 18.3 Å². The Bertz CT molecular complexity index is 1660. The van der Waals surface area contributed by atoms with Crippen LogP contribution in [0.15, 0.2) is 101 Å². The van der Waals surface area contributed by atoms with Crippen LogP contribution in [0.1, 0.15) is 22.9 Å². The molecule has 0 unspecified atom stereocenters. The van der Waals surface area contributed by atoms with Gasteiger partial charge in [0, 0.05) is 12.3 Å². The fourth-order valence-corrected chi connectivity index (χ4v) is 7.52. The molecule has 3 aromatic carbocycles. The van der Waals surface area contributed by atoms with Gasteiger partial charge < -0.3 is 34.5 Å². The molecule has 226 valence electrons. The fraction of sp³-hybridized carbons (Fsp3) is 0.267. The zero-order valence-corrected chi connectivity index (χ0v) is 25.1. The molecule has 2 heterocycles. The van der Waals surface area contributed by atoms with Crippen LogP contribution in [0.5, 0.6) is 11.5 Å². The Morgan fingerprint density at radius 2 is 1.44 bits per heavy atom. The zero-order valence-electron chi connectivity index (χ0n) is 23.4. The van der Waals surface area contributed by atoms with Gasteiger partial charge in [0.25, 0.3) is 5.56 Å². The van der Waals surface area contributed by atoms with Crippen LogP contribution < -0.4 is 26.5 Å². The van der Waals surface area contributed by atoms with Crippen LogP contribution in [0, 0.1) is 0 Å². The van der Waals surface area contributed by atoms with Gasteiger partial charge in [0.05, 0.1) is 38.6 Å². The van der Waals surface area contributed by atoms with Gasteiger partial charge in [0.1, 0.15) is 17.1 Å². The molecule has 1 aliphatic heterocycles. The fourth-order valence-electron chi connectivity index (χ4n) is 5.51. The highest BCUT2D eigenvalue weighted by Gasteiger charge is 2.51. The van der Waals surface area contributed by atoms with Crippen LogP contribution in [0.25, 0.3) is 0 Å². The lowest BCUT2D eigenvalue weighted by Gasteiger charge is -2.37. The molecule has 0 spiro atoms. The summed E-state index contributed by atoms with van der Waals surface area (Å²) in [6.45, 7) is -4.24. The van der Waals surface area contributed by atoms with Crippen LogP contribution in [0.2, 0.25) is 0 Å². The van der Waals surface area contributed by atoms with Crippen molar-refractivity contribution in [2.75, 3.05) is 20.8 Å². The number of ether oxygens (including phenoxy) is 4. The molecule has 0 radical (unpaired) electrons. The highest BCUT2D eigenvalue weighted by atomic mass is 32.5. The summed E-state index contributed by atoms with van der Waals surface area (Å²) in [5.41, 5.74) is 5.03. The minimum absolute atomic E-state index is 0.195. The van der Waals surface area contributed by atoms with Crippen molar-refractivity contribution in [2.45, 2.75) is 29.6 Å². The monoisotopic (exact) mass is 625 g/mol. The molecule has 11 nitrogen and oxygen atoms in total. The van der Waals surface area contributed by atoms with E-state index in [9.17, 15) is 19.4 Å². The van der Waals surface area contributed by atoms with Gasteiger partial charge in [-0.15, -0.1) is 0 Å². The molecular formula is C30H32N3O8PS. The van der Waals surface area contributed by atoms with Gasteiger partial charge in [0.15, 0.2) is 12.7 Å². The topological polar surface area (TPSA) is 158 Å². The Hall–Kier alpha value is -3.61. The first-order chi connectivity index (χ1) is 20.6. The second kappa shape index (κ2) is 12.6. The van der Waals surface area contributed by atoms with Crippen molar-refractivity contribution in [3.05, 3.63) is 129 Å². The highest BCUT2D eigenvalue weighted by Crippen LogP contribution is 2.52. The molecule has 4 aromatic rings. The predicted octanol–water partition coefficient (Wildman–Crippen LogP) is 2.45. The summed E-state index contributed by atoms with van der Waals surface area (Å²) in [6.07, 6.45) is -0.926. The number of aromatic nitrogens is 2. The number of aromatic amines is 1. The molecule has 1 fully saturated rings. The third-order valence-corrected chi connectivity index (χ3v) is 9.75. The average Bonchev–Trinajstić information content (AvgIpc) is 3.34. The number of H-pyrrole nitrogens is 1. The standard InChI is InChI=1S/C30H32N3O8PS/c1-38-22-12-8-20(9-13-22)30(19-6-4-3-5-7-19,21-10-14-23(39-2)15-11-21)40-18-24-27(42(36,37)43)26(31)28(41-24)33-17-16-25(34)32-29(33)35/h3-17,24,26-28H,18,31H2,1-2H3,(H,32,34,35)(H2,36,37,43)/t24-,26-,27-,28-/m1/s1. The number of nitrogens with two attached hydrogens (primary N) is 1. The summed E-state index contributed by atoms with van der Waals surface area (Å²) in [6, 6.07) is 24.5. The van der Waals surface area contributed by atoms with Crippen LogP contribution >= 0.6 is 6.49 Å². The maximum atomic E-state index is 12.6. The van der Waals surface area contributed by atoms with Gasteiger partial charge in [-0.3, -0.25) is 14.3 Å². The number of hydrogen-bond donors (Lipinski definition) is 4. The minimum Gasteiger partial charge on any atom is -0.497 e. The van der Waals surface area contributed by atoms with Crippen molar-refractivity contribution < 1.29 is 28.7 Å². The van der Waals surface area contributed by atoms with Crippen LogP contribution in [-0.4, -0.2) is 58.0 Å². The molecule has 5 rings (SSSR count). The summed E-state index contributed by atoms with van der Waals surface area (Å²) in [4.78, 5) is 47.9. The Labute approximate surface area is 252 Å². The zero-order chi connectivity index (χ0) is 30.8. The largest absolute Gasteiger partial charge is 0.497 e. The molecule has 1 aromatic heterocycles. The van der Waals surface area contributed by atoms with Crippen molar-refractivity contribution in [3.8, 4) is 11.5 Å². The molecular weight excluding hydrogens is 593 g/mol. The minimum atomic E-state index is -4.04. The summed E-state index contributed by atoms with van der Waals surface area (Å²) < 4.78 is 24.9. The molecule has 5 N–H and O–H groups in total. The number of nitrogens with zero attached hydrogens (tertiary/aromatic N) is 1. The first-order valence-corrected chi connectivity index (χ1v) is 16.1. The van der Waals surface area contributed by atoms with Gasteiger partial charge >= 0.3 is 5.69 Å². The molecule has 4 atom stereocenters. The van der Waals surface area contributed by atoms with Crippen molar-refractivity contribution in [1.29, 1.82) is 0 Å². The number of benzene rings is 3. The molecule has 1 aliphatic rings. The molecule has 0 aliphatic carbocycles. The maximum Gasteiger partial charge on any atom is 0.330 e. The Morgan fingerprint density at radius 1 is 0.907 bits per heavy atom. The van der Waals surface area contributed by atoms with Crippen LogP contribution in [-0.2, 0) is 26.9 Å². The summed E-state index contributed by atoms with van der Waals surface area (Å²) in [5.74, 6) is 1.31. The number of methoxy groups -OCH3 is 2. The molecule has 1 saturated heterocycles. The SMILES string of the molecule is COc1ccc(C(OC[C@H]2O[C@@H](n3ccc(=O)[nH]c3=O)[C@H](N)[C@@H]2P(O)(O)=S)(c2ccccc2)c2ccc(OC)cc2)cc1. The van der Waals surface area contributed by atoms with Gasteiger partial charge in [-0.25, -0.2) is 4.79 Å². The van der Waals surface area contributed by atoms with E-state index in [1.807, 2.05) is 78.9 Å². The van der Waals surface area contributed by atoms with E-state index in [0.717, 1.165) is 27.3 Å². The van der Waals surface area contributed by atoms with E-state index in [2.05, 4.69) is 4.98 Å². The van der Waals surface area contributed by atoms with Crippen LogP contribution in [0.3, 0.4) is 0 Å². The van der Waals surface area contributed by atoms with E-state index in [0.29, 0.717) is 11.5 Å². The average molecular weight is 626 g/mol. The van der Waals surface area contributed by atoms with E-state index in [4.69, 9.17) is 36.5 Å². The van der Waals surface area contributed by atoms with E-state index in [1.165, 1.54) is 6.20 Å². The van der Waals surface area contributed by atoms with Gasteiger partial charge in [-0.1, -0.05) is 54.6 Å². The molecule has 0 saturated carbocycles. The first-order valence-electron chi connectivity index (χ1n) is 13.3. The summed E-state index contributed by atoms with van der Waals surface area (Å²) >= 11 is 5.13. The van der Waals surface area contributed by atoms with Gasteiger partial charge in [0.2, 0.25) is 0 Å². The lowest BCUT2D eigenvalue weighted by atomic mass is 9.80. The Balaban J connectivity index is 1.62. The van der Waals surface area contributed by atoms with Crippen molar-refractivity contribution in [2.24, 2.45) is 5.73 Å². The summed E-state index contributed by atoms with van der Waals surface area (Å²) in [5, 5.41) is 0. The number of rotatable bonds is 10. The molecule has 13 heteroatoms. The van der Waals surface area contributed by atoms with E-state index < -0.39 is 47.4 Å². The molecule has 43 heavy (non-hydrogen) atoms. The maximum absolute atomic E-state index is 12.6. The quantitative estimate of drug-likeness (QED) is 0.152. The smallest absolute Gasteiger partial charge is 0.330 e. The van der Waals surface area contributed by atoms with E-state index >= 15 is 0 Å². The third-order valence-electron chi connectivity index (χ3n) is 7.57. The number of hydrogen-bond acceptors (Lipinski definition) is 8. The normalized spacial score (nSPS) is 20.6. The lowest BCUT2D eigenvalue weighted by Crippen LogP contribution is -2.43. The molecule has 0 bridgehead atoms. The van der Waals surface area contributed by atoms with Crippen LogP contribution in [0.4, 0.5) is 0 Å². The Morgan fingerprint density at radius 3 is 1.93 bits per heavy atom.